The van der Waals surface area contributed by atoms with Gasteiger partial charge in [-0.2, -0.15) is 0 Å². The fourth-order valence-electron chi connectivity index (χ4n) is 2.13. The molecule has 0 radical (unpaired) electrons. The molecule has 1 aliphatic rings. The number of nitrogens with zero attached hydrogens (tertiary/aromatic N) is 4. The fraction of sp³-hybridized carbons (Fsp3) is 0.417. The molecule has 94 valence electrons. The van der Waals surface area contributed by atoms with E-state index >= 15 is 0 Å². The van der Waals surface area contributed by atoms with Gasteiger partial charge in [0.1, 0.15) is 5.82 Å². The quantitative estimate of drug-likeness (QED) is 0.460. The van der Waals surface area contributed by atoms with Gasteiger partial charge < -0.3 is 4.90 Å². The van der Waals surface area contributed by atoms with Crippen molar-refractivity contribution in [1.29, 1.82) is 0 Å². The van der Waals surface area contributed by atoms with Gasteiger partial charge in [0.05, 0.1) is 5.69 Å². The lowest BCUT2D eigenvalue weighted by atomic mass is 10.1. The average molecular weight is 248 g/mol. The molecular formula is C12H13FN4O. The maximum absolute atomic E-state index is 13.9. The van der Waals surface area contributed by atoms with E-state index in [1.807, 2.05) is 0 Å². The van der Waals surface area contributed by atoms with E-state index in [2.05, 4.69) is 10.0 Å². The van der Waals surface area contributed by atoms with Gasteiger partial charge in [0.25, 0.3) is 0 Å². The van der Waals surface area contributed by atoms with Crippen LogP contribution >= 0.6 is 0 Å². The van der Waals surface area contributed by atoms with Crippen LogP contribution in [0, 0.1) is 18.7 Å². The molecule has 1 aliphatic heterocycles. The summed E-state index contributed by atoms with van der Waals surface area (Å²) in [6, 6.07) is 4.98. The number of azide groups is 1. The molecule has 0 aliphatic carbocycles. The number of hydrogen-bond acceptors (Lipinski definition) is 2. The second kappa shape index (κ2) is 5.06. The minimum atomic E-state index is -0.365. The van der Waals surface area contributed by atoms with E-state index in [0.29, 0.717) is 24.2 Å². The highest BCUT2D eigenvalue weighted by molar-refractivity contribution is 5.95. The molecule has 0 saturated carbocycles. The minimum Gasteiger partial charge on any atom is -0.309 e. The summed E-state index contributed by atoms with van der Waals surface area (Å²) in [6.45, 7) is 2.33. The van der Waals surface area contributed by atoms with E-state index in [0.717, 1.165) is 0 Å². The van der Waals surface area contributed by atoms with Crippen molar-refractivity contribution in [3.05, 3.63) is 40.0 Å². The van der Waals surface area contributed by atoms with Crippen molar-refractivity contribution in [3.63, 3.8) is 0 Å². The van der Waals surface area contributed by atoms with Crippen LogP contribution in [0.4, 0.5) is 10.1 Å². The third-order valence-electron chi connectivity index (χ3n) is 3.07. The molecule has 0 aromatic heterocycles. The van der Waals surface area contributed by atoms with Crippen LogP contribution in [-0.4, -0.2) is 19.0 Å². The van der Waals surface area contributed by atoms with Crippen LogP contribution < -0.4 is 4.90 Å². The van der Waals surface area contributed by atoms with Gasteiger partial charge in [-0.15, -0.1) is 0 Å². The van der Waals surface area contributed by atoms with E-state index in [1.165, 1.54) is 4.90 Å². The van der Waals surface area contributed by atoms with Gasteiger partial charge in [-0.1, -0.05) is 17.2 Å². The molecule has 1 saturated heterocycles. The van der Waals surface area contributed by atoms with Crippen LogP contribution in [0.25, 0.3) is 10.4 Å². The minimum absolute atomic E-state index is 0.0340. The van der Waals surface area contributed by atoms with Gasteiger partial charge in [0.15, 0.2) is 0 Å². The average Bonchev–Trinajstić information content (AvgIpc) is 2.71. The maximum Gasteiger partial charge on any atom is 0.227 e. The first-order chi connectivity index (χ1) is 8.63. The maximum atomic E-state index is 13.9. The first-order valence-electron chi connectivity index (χ1n) is 5.70. The van der Waals surface area contributed by atoms with E-state index in [9.17, 15) is 9.18 Å². The van der Waals surface area contributed by atoms with Crippen molar-refractivity contribution < 1.29 is 9.18 Å². The van der Waals surface area contributed by atoms with Gasteiger partial charge in [-0.3, -0.25) is 4.79 Å². The number of aryl methyl sites for hydroxylation is 1. The third-order valence-corrected chi connectivity index (χ3v) is 3.07. The van der Waals surface area contributed by atoms with Crippen molar-refractivity contribution in [1.82, 2.24) is 0 Å². The molecule has 2 rings (SSSR count). The SMILES string of the molecule is Cc1cccc(N2CC(CN=[N+]=[N-])CC2=O)c1F. The molecule has 1 aromatic rings. The lowest BCUT2D eigenvalue weighted by Crippen LogP contribution is -2.26. The number of carbonyl (C=O) groups is 1. The van der Waals surface area contributed by atoms with E-state index < -0.39 is 0 Å². The van der Waals surface area contributed by atoms with Crippen molar-refractivity contribution in [2.75, 3.05) is 18.0 Å². The Bertz CT molecular complexity index is 525. The summed E-state index contributed by atoms with van der Waals surface area (Å²) in [5.74, 6) is -0.527. The lowest BCUT2D eigenvalue weighted by molar-refractivity contribution is -0.117. The van der Waals surface area contributed by atoms with Crippen LogP contribution in [0.2, 0.25) is 0 Å². The molecule has 1 unspecified atom stereocenters. The number of rotatable bonds is 3. The first kappa shape index (κ1) is 12.4. The predicted molar refractivity (Wildman–Crippen MR) is 65.6 cm³/mol. The molecule has 0 N–H and O–H groups in total. The highest BCUT2D eigenvalue weighted by Crippen LogP contribution is 2.28. The Labute approximate surface area is 104 Å². The molecule has 1 amide bonds. The zero-order valence-corrected chi connectivity index (χ0v) is 10.0. The Morgan fingerprint density at radius 1 is 1.61 bits per heavy atom. The molecule has 18 heavy (non-hydrogen) atoms. The zero-order valence-electron chi connectivity index (χ0n) is 10.0. The predicted octanol–water partition coefficient (Wildman–Crippen LogP) is 2.80. The second-order valence-electron chi connectivity index (χ2n) is 4.40. The fourth-order valence-corrected chi connectivity index (χ4v) is 2.13. The van der Waals surface area contributed by atoms with Crippen LogP contribution in [0.3, 0.4) is 0 Å². The summed E-state index contributed by atoms with van der Waals surface area (Å²) in [5.41, 5.74) is 9.08. The van der Waals surface area contributed by atoms with Gasteiger partial charge >= 0.3 is 0 Å². The Morgan fingerprint density at radius 2 is 2.39 bits per heavy atom. The number of benzene rings is 1. The number of hydrogen-bond donors (Lipinski definition) is 0. The topological polar surface area (TPSA) is 69.1 Å². The van der Waals surface area contributed by atoms with Crippen molar-refractivity contribution >= 4 is 11.6 Å². The summed E-state index contributed by atoms with van der Waals surface area (Å²) in [6.07, 6.45) is 0.298. The number of halogens is 1. The molecule has 1 fully saturated rings. The summed E-state index contributed by atoms with van der Waals surface area (Å²) < 4.78 is 13.9. The highest BCUT2D eigenvalue weighted by atomic mass is 19.1. The highest BCUT2D eigenvalue weighted by Gasteiger charge is 2.31. The second-order valence-corrected chi connectivity index (χ2v) is 4.40. The Kier molecular flexibility index (Phi) is 3.48. The van der Waals surface area contributed by atoms with E-state index in [-0.39, 0.29) is 24.2 Å². The van der Waals surface area contributed by atoms with Crippen molar-refractivity contribution in [2.24, 2.45) is 11.0 Å². The molecule has 5 nitrogen and oxygen atoms in total. The first-order valence-corrected chi connectivity index (χ1v) is 5.70. The van der Waals surface area contributed by atoms with Crippen LogP contribution in [0.1, 0.15) is 12.0 Å². The normalized spacial score (nSPS) is 18.9. The smallest absolute Gasteiger partial charge is 0.227 e. The van der Waals surface area contributed by atoms with Crippen LogP contribution in [0.15, 0.2) is 23.3 Å². The van der Waals surface area contributed by atoms with Gasteiger partial charge in [0.2, 0.25) is 5.91 Å². The molecule has 0 spiro atoms. The molecule has 1 atom stereocenters. The van der Waals surface area contributed by atoms with E-state index in [1.54, 1.807) is 25.1 Å². The number of carbonyl (C=O) groups excluding carboxylic acids is 1. The van der Waals surface area contributed by atoms with Crippen molar-refractivity contribution in [3.8, 4) is 0 Å². The van der Waals surface area contributed by atoms with Crippen LogP contribution in [-0.2, 0) is 4.79 Å². The van der Waals surface area contributed by atoms with E-state index in [4.69, 9.17) is 5.53 Å². The van der Waals surface area contributed by atoms with Gasteiger partial charge in [0, 0.05) is 24.4 Å². The molecule has 1 heterocycles. The van der Waals surface area contributed by atoms with Gasteiger partial charge in [-0.05, 0) is 30.0 Å². The summed E-state index contributed by atoms with van der Waals surface area (Å²) in [4.78, 5) is 15.9. The molecular weight excluding hydrogens is 235 g/mol. The van der Waals surface area contributed by atoms with Gasteiger partial charge in [-0.25, -0.2) is 4.39 Å². The number of amides is 1. The third kappa shape index (κ3) is 2.28. The largest absolute Gasteiger partial charge is 0.309 e. The van der Waals surface area contributed by atoms with Crippen LogP contribution in [0.5, 0.6) is 0 Å². The summed E-state index contributed by atoms with van der Waals surface area (Å²) in [7, 11) is 0. The lowest BCUT2D eigenvalue weighted by Gasteiger charge is -2.18. The Balaban J connectivity index is 2.21. The summed E-state index contributed by atoms with van der Waals surface area (Å²) >= 11 is 0. The zero-order chi connectivity index (χ0) is 13.1. The molecule has 6 heteroatoms. The Hall–Kier alpha value is -2.07. The monoisotopic (exact) mass is 248 g/mol. The molecule has 1 aromatic carbocycles. The van der Waals surface area contributed by atoms with Crippen molar-refractivity contribution in [2.45, 2.75) is 13.3 Å². The molecule has 0 bridgehead atoms. The Morgan fingerprint density at radius 3 is 3.11 bits per heavy atom. The summed E-state index contributed by atoms with van der Waals surface area (Å²) in [5, 5.41) is 3.46. The standard InChI is InChI=1S/C12H13FN4O/c1-8-3-2-4-10(12(8)13)17-7-9(5-11(17)18)6-15-16-14/h2-4,9H,5-7H2,1H3. The number of anilines is 1.